The van der Waals surface area contributed by atoms with E-state index in [0.29, 0.717) is 0 Å². The molecule has 4 rings (SSSR count). The number of benzene rings is 2. The van der Waals surface area contributed by atoms with E-state index in [1.54, 1.807) is 0 Å². The number of aromatic nitrogens is 2. The van der Waals surface area contributed by atoms with Gasteiger partial charge in [-0.15, -0.1) is 0 Å². The minimum absolute atomic E-state index is 0.860. The Labute approximate surface area is 148 Å². The monoisotopic (exact) mass is 327 g/mol. The molecule has 0 unspecified atom stereocenters. The Morgan fingerprint density at radius 1 is 0.840 bits per heavy atom. The standard InChI is InChI=1S/C22H21N3/c1-15-13-16(2)21(17(3)14-15)23-20-10-9-18-11-12-25(22(18)24-20)19-7-5-4-6-8-19/h4-14H,1-3H3,(H,23,24). The van der Waals surface area contributed by atoms with E-state index in [4.69, 9.17) is 4.98 Å². The Morgan fingerprint density at radius 2 is 1.56 bits per heavy atom. The molecular formula is C22H21N3. The van der Waals surface area contributed by atoms with E-state index in [9.17, 15) is 0 Å². The van der Waals surface area contributed by atoms with Crippen molar-refractivity contribution in [3.8, 4) is 5.69 Å². The zero-order valence-corrected chi connectivity index (χ0v) is 14.7. The van der Waals surface area contributed by atoms with E-state index in [0.717, 1.165) is 28.2 Å². The van der Waals surface area contributed by atoms with Crippen molar-refractivity contribution in [1.82, 2.24) is 9.55 Å². The second kappa shape index (κ2) is 6.10. The molecule has 2 aromatic heterocycles. The molecule has 0 spiro atoms. The van der Waals surface area contributed by atoms with Gasteiger partial charge in [-0.25, -0.2) is 4.98 Å². The average molecular weight is 327 g/mol. The molecule has 1 N–H and O–H groups in total. The normalized spacial score (nSPS) is 11.0. The summed E-state index contributed by atoms with van der Waals surface area (Å²) in [6.45, 7) is 6.39. The Bertz CT molecular complexity index is 1020. The fourth-order valence-corrected chi connectivity index (χ4v) is 3.38. The van der Waals surface area contributed by atoms with Crippen LogP contribution in [0.5, 0.6) is 0 Å². The van der Waals surface area contributed by atoms with Gasteiger partial charge in [0.05, 0.1) is 0 Å². The van der Waals surface area contributed by atoms with Crippen LogP contribution in [0.2, 0.25) is 0 Å². The molecule has 0 aliphatic carbocycles. The molecule has 0 fully saturated rings. The number of hydrogen-bond acceptors (Lipinski definition) is 2. The fraction of sp³-hybridized carbons (Fsp3) is 0.136. The molecule has 4 aromatic rings. The minimum Gasteiger partial charge on any atom is -0.340 e. The summed E-state index contributed by atoms with van der Waals surface area (Å²) in [5.74, 6) is 0.860. The van der Waals surface area contributed by atoms with Gasteiger partial charge in [0.2, 0.25) is 0 Å². The van der Waals surface area contributed by atoms with E-state index >= 15 is 0 Å². The van der Waals surface area contributed by atoms with E-state index in [-0.39, 0.29) is 0 Å². The van der Waals surface area contributed by atoms with Crippen LogP contribution < -0.4 is 5.32 Å². The average Bonchev–Trinajstić information content (AvgIpc) is 3.02. The maximum Gasteiger partial charge on any atom is 0.146 e. The van der Waals surface area contributed by atoms with Gasteiger partial charge in [-0.1, -0.05) is 35.9 Å². The van der Waals surface area contributed by atoms with Gasteiger partial charge in [-0.2, -0.15) is 0 Å². The largest absolute Gasteiger partial charge is 0.340 e. The third kappa shape index (κ3) is 2.89. The maximum absolute atomic E-state index is 4.86. The lowest BCUT2D eigenvalue weighted by molar-refractivity contribution is 1.09. The number of fused-ring (bicyclic) bond motifs is 1. The summed E-state index contributed by atoms with van der Waals surface area (Å²) in [4.78, 5) is 4.86. The molecule has 0 bridgehead atoms. The van der Waals surface area contributed by atoms with Crippen LogP contribution in [-0.2, 0) is 0 Å². The van der Waals surface area contributed by atoms with E-state index < -0.39 is 0 Å². The molecular weight excluding hydrogens is 306 g/mol. The van der Waals surface area contributed by atoms with E-state index in [2.05, 4.69) is 73.3 Å². The molecule has 124 valence electrons. The zero-order chi connectivity index (χ0) is 17.4. The molecule has 3 heteroatoms. The highest BCUT2D eigenvalue weighted by Crippen LogP contribution is 2.27. The number of aryl methyl sites for hydroxylation is 3. The van der Waals surface area contributed by atoms with Crippen molar-refractivity contribution in [1.29, 1.82) is 0 Å². The third-order valence-electron chi connectivity index (χ3n) is 4.50. The van der Waals surface area contributed by atoms with Gasteiger partial charge in [0, 0.05) is 23.0 Å². The summed E-state index contributed by atoms with van der Waals surface area (Å²) in [5, 5.41) is 4.64. The van der Waals surface area contributed by atoms with Gasteiger partial charge in [0.25, 0.3) is 0 Å². The summed E-state index contributed by atoms with van der Waals surface area (Å²) < 4.78 is 2.12. The van der Waals surface area contributed by atoms with Crippen molar-refractivity contribution < 1.29 is 0 Å². The molecule has 0 aliphatic rings. The molecule has 0 saturated heterocycles. The first kappa shape index (κ1) is 15.5. The lowest BCUT2D eigenvalue weighted by Crippen LogP contribution is -2.00. The molecule has 2 heterocycles. The van der Waals surface area contributed by atoms with Crippen molar-refractivity contribution in [3.05, 3.63) is 83.6 Å². The number of hydrogen-bond donors (Lipinski definition) is 1. The zero-order valence-electron chi connectivity index (χ0n) is 14.7. The Hall–Kier alpha value is -3.07. The number of para-hydroxylation sites is 1. The predicted molar refractivity (Wildman–Crippen MR) is 105 cm³/mol. The van der Waals surface area contributed by atoms with Gasteiger partial charge < -0.3 is 9.88 Å². The lowest BCUT2D eigenvalue weighted by atomic mass is 10.1. The first-order chi connectivity index (χ1) is 12.1. The van der Waals surface area contributed by atoms with Gasteiger partial charge in [0.1, 0.15) is 11.5 Å². The summed E-state index contributed by atoms with van der Waals surface area (Å²) in [6.07, 6.45) is 2.07. The minimum atomic E-state index is 0.860. The highest BCUT2D eigenvalue weighted by molar-refractivity contribution is 5.81. The van der Waals surface area contributed by atoms with E-state index in [1.165, 1.54) is 16.7 Å². The van der Waals surface area contributed by atoms with Crippen LogP contribution in [0.1, 0.15) is 16.7 Å². The van der Waals surface area contributed by atoms with Crippen molar-refractivity contribution in [2.75, 3.05) is 5.32 Å². The molecule has 0 aliphatic heterocycles. The van der Waals surface area contributed by atoms with Crippen LogP contribution in [0.3, 0.4) is 0 Å². The van der Waals surface area contributed by atoms with Gasteiger partial charge in [0.15, 0.2) is 0 Å². The van der Waals surface area contributed by atoms with Crippen LogP contribution in [0.25, 0.3) is 16.7 Å². The van der Waals surface area contributed by atoms with Crippen molar-refractivity contribution >= 4 is 22.5 Å². The number of nitrogens with zero attached hydrogens (tertiary/aromatic N) is 2. The number of pyridine rings is 1. The van der Waals surface area contributed by atoms with E-state index in [1.807, 2.05) is 24.3 Å². The van der Waals surface area contributed by atoms with Gasteiger partial charge in [-0.3, -0.25) is 0 Å². The van der Waals surface area contributed by atoms with Gasteiger partial charge >= 0.3 is 0 Å². The first-order valence-electron chi connectivity index (χ1n) is 8.50. The van der Waals surface area contributed by atoms with Crippen LogP contribution >= 0.6 is 0 Å². The highest BCUT2D eigenvalue weighted by Gasteiger charge is 2.08. The highest BCUT2D eigenvalue weighted by atomic mass is 15.1. The molecule has 25 heavy (non-hydrogen) atoms. The second-order valence-electron chi connectivity index (χ2n) is 6.53. The van der Waals surface area contributed by atoms with Crippen LogP contribution in [0.15, 0.2) is 66.9 Å². The topological polar surface area (TPSA) is 29.9 Å². The number of nitrogens with one attached hydrogen (secondary N) is 1. The number of rotatable bonds is 3. The van der Waals surface area contributed by atoms with Gasteiger partial charge in [-0.05, 0) is 62.2 Å². The second-order valence-corrected chi connectivity index (χ2v) is 6.53. The number of anilines is 2. The quantitative estimate of drug-likeness (QED) is 0.523. The summed E-state index contributed by atoms with van der Waals surface area (Å²) >= 11 is 0. The van der Waals surface area contributed by atoms with Crippen LogP contribution in [0, 0.1) is 20.8 Å². The summed E-state index contributed by atoms with van der Waals surface area (Å²) in [6, 6.07) is 20.9. The lowest BCUT2D eigenvalue weighted by Gasteiger charge is -2.14. The molecule has 2 aromatic carbocycles. The van der Waals surface area contributed by atoms with Crippen LogP contribution in [0.4, 0.5) is 11.5 Å². The first-order valence-corrected chi connectivity index (χ1v) is 8.50. The fourth-order valence-electron chi connectivity index (χ4n) is 3.38. The maximum atomic E-state index is 4.86. The molecule has 0 saturated carbocycles. The Kier molecular flexibility index (Phi) is 3.77. The SMILES string of the molecule is Cc1cc(C)c(Nc2ccc3ccn(-c4ccccc4)c3n2)c(C)c1. The van der Waals surface area contributed by atoms with Crippen molar-refractivity contribution in [2.45, 2.75) is 20.8 Å². The third-order valence-corrected chi connectivity index (χ3v) is 4.50. The molecule has 3 nitrogen and oxygen atoms in total. The van der Waals surface area contributed by atoms with Crippen molar-refractivity contribution in [2.24, 2.45) is 0 Å². The predicted octanol–water partition coefficient (Wildman–Crippen LogP) is 5.69. The molecule has 0 amide bonds. The van der Waals surface area contributed by atoms with Crippen molar-refractivity contribution in [3.63, 3.8) is 0 Å². The summed E-state index contributed by atoms with van der Waals surface area (Å²) in [5.41, 5.74) is 6.95. The Morgan fingerprint density at radius 3 is 2.28 bits per heavy atom. The van der Waals surface area contributed by atoms with Crippen LogP contribution in [-0.4, -0.2) is 9.55 Å². The Balaban J connectivity index is 1.77. The summed E-state index contributed by atoms with van der Waals surface area (Å²) in [7, 11) is 0. The molecule has 0 radical (unpaired) electrons. The smallest absolute Gasteiger partial charge is 0.146 e. The molecule has 0 atom stereocenters.